The third-order valence-electron chi connectivity index (χ3n) is 2.90. The van der Waals surface area contributed by atoms with Gasteiger partial charge in [0.2, 0.25) is 0 Å². The summed E-state index contributed by atoms with van der Waals surface area (Å²) in [5.74, 6) is 0. The Hall–Kier alpha value is -1.36. The van der Waals surface area contributed by atoms with Crippen molar-refractivity contribution in [1.29, 1.82) is 0 Å². The molecular formula is C12H12F14O3. The van der Waals surface area contributed by atoms with Crippen molar-refractivity contribution in [2.24, 2.45) is 0 Å². The summed E-state index contributed by atoms with van der Waals surface area (Å²) in [6, 6.07) is 0. The quantitative estimate of drug-likeness (QED) is 0.422. The molecule has 3 nitrogen and oxygen atoms in total. The maximum atomic E-state index is 12.7. The fourth-order valence-electron chi connectivity index (χ4n) is 1.35. The highest BCUT2D eigenvalue weighted by atomic mass is 19.4. The number of halogens is 14. The van der Waals surface area contributed by atoms with Gasteiger partial charge < -0.3 is 15.3 Å². The van der Waals surface area contributed by atoms with Crippen LogP contribution < -0.4 is 0 Å². The van der Waals surface area contributed by atoms with Crippen molar-refractivity contribution >= 4 is 0 Å². The van der Waals surface area contributed by atoms with Crippen molar-refractivity contribution in [2.75, 3.05) is 13.2 Å². The van der Waals surface area contributed by atoms with Crippen molar-refractivity contribution in [1.82, 2.24) is 0 Å². The molecule has 0 spiro atoms. The van der Waals surface area contributed by atoms with Crippen LogP contribution in [0.3, 0.4) is 0 Å². The van der Waals surface area contributed by atoms with Crippen molar-refractivity contribution in [2.45, 2.75) is 48.6 Å². The van der Waals surface area contributed by atoms with E-state index in [0.717, 1.165) is 0 Å². The Morgan fingerprint density at radius 2 is 0.966 bits per heavy atom. The molecule has 1 atom stereocenters. The zero-order valence-electron chi connectivity index (χ0n) is 13.5. The second-order valence-electron chi connectivity index (χ2n) is 5.13. The number of hydrogen-bond donors (Lipinski definition) is 3. The van der Waals surface area contributed by atoms with Gasteiger partial charge in [-0.05, 0) is 6.08 Å². The molecule has 1 unspecified atom stereocenters. The number of aliphatic hydroxyl groups is 3. The highest BCUT2D eigenvalue weighted by Gasteiger charge is 2.73. The molecule has 0 fully saturated rings. The first kappa shape index (κ1) is 29.8. The first-order chi connectivity index (χ1) is 12.5. The Balaban J connectivity index is 0. The maximum Gasteiger partial charge on any atom is 0.435 e. The Bertz CT molecular complexity index is 488. The summed E-state index contributed by atoms with van der Waals surface area (Å²) in [6.45, 7) is -2.50. The molecular weight excluding hydrogens is 458 g/mol. The molecule has 17 heteroatoms. The van der Waals surface area contributed by atoms with E-state index in [1.165, 1.54) is 0 Å². The van der Waals surface area contributed by atoms with E-state index in [0.29, 0.717) is 0 Å². The van der Waals surface area contributed by atoms with E-state index in [9.17, 15) is 61.5 Å². The SMILES string of the molecule is OC/C=C/C(F)(C(F)(F)F)C(F)(F)F.OCC(O)CC(F)(C(F)(F)F)C(F)(F)F. The first-order valence-corrected chi connectivity index (χ1v) is 6.74. The fourth-order valence-corrected chi connectivity index (χ4v) is 1.35. The van der Waals surface area contributed by atoms with Crippen LogP contribution in [-0.4, -0.2) is 70.7 Å². The normalized spacial score (nSPS) is 15.9. The highest BCUT2D eigenvalue weighted by molar-refractivity contribution is 5.10. The van der Waals surface area contributed by atoms with Gasteiger partial charge in [-0.2, -0.15) is 52.7 Å². The molecule has 176 valence electrons. The smallest absolute Gasteiger partial charge is 0.394 e. The van der Waals surface area contributed by atoms with E-state index in [1.54, 1.807) is 0 Å². The lowest BCUT2D eigenvalue weighted by Gasteiger charge is -2.31. The van der Waals surface area contributed by atoms with E-state index in [2.05, 4.69) is 0 Å². The largest absolute Gasteiger partial charge is 0.435 e. The average Bonchev–Trinajstić information content (AvgIpc) is 2.48. The molecule has 0 rings (SSSR count). The van der Waals surface area contributed by atoms with Gasteiger partial charge in [0.15, 0.2) is 0 Å². The Labute approximate surface area is 152 Å². The molecule has 29 heavy (non-hydrogen) atoms. The predicted molar refractivity (Wildman–Crippen MR) is 65.8 cm³/mol. The van der Waals surface area contributed by atoms with Gasteiger partial charge in [0.1, 0.15) is 0 Å². The van der Waals surface area contributed by atoms with E-state index in [4.69, 9.17) is 15.3 Å². The third kappa shape index (κ3) is 7.44. The maximum absolute atomic E-state index is 12.7. The van der Waals surface area contributed by atoms with Gasteiger partial charge in [-0.15, -0.1) is 0 Å². The van der Waals surface area contributed by atoms with Gasteiger partial charge >= 0.3 is 36.0 Å². The van der Waals surface area contributed by atoms with E-state index in [1.807, 2.05) is 0 Å². The number of hydrogen-bond acceptors (Lipinski definition) is 3. The van der Waals surface area contributed by atoms with Crippen LogP contribution >= 0.6 is 0 Å². The minimum atomic E-state index is -6.19. The molecule has 0 aliphatic heterocycles. The molecule has 0 saturated carbocycles. The molecule has 0 aromatic rings. The van der Waals surface area contributed by atoms with Crippen LogP contribution in [0.5, 0.6) is 0 Å². The summed E-state index contributed by atoms with van der Waals surface area (Å²) in [5.41, 5.74) is -10.9. The van der Waals surface area contributed by atoms with Crippen molar-refractivity contribution in [3.05, 3.63) is 12.2 Å². The lowest BCUT2D eigenvalue weighted by Crippen LogP contribution is -2.55. The summed E-state index contributed by atoms with van der Waals surface area (Å²) >= 11 is 0. The monoisotopic (exact) mass is 470 g/mol. The molecule has 3 N–H and O–H groups in total. The average molecular weight is 470 g/mol. The van der Waals surface area contributed by atoms with Gasteiger partial charge in [-0.25, -0.2) is 8.78 Å². The van der Waals surface area contributed by atoms with Crippen molar-refractivity contribution in [3.63, 3.8) is 0 Å². The number of alkyl halides is 14. The van der Waals surface area contributed by atoms with Crippen LogP contribution in [0.2, 0.25) is 0 Å². The molecule has 0 aliphatic rings. The lowest BCUT2D eigenvalue weighted by atomic mass is 9.97. The predicted octanol–water partition coefficient (Wildman–Crippen LogP) is 3.93. The van der Waals surface area contributed by atoms with Crippen LogP contribution in [0.1, 0.15) is 6.42 Å². The Morgan fingerprint density at radius 3 is 1.17 bits per heavy atom. The zero-order chi connectivity index (χ0) is 24.1. The Morgan fingerprint density at radius 1 is 0.621 bits per heavy atom. The molecule has 0 saturated heterocycles. The van der Waals surface area contributed by atoms with Crippen LogP contribution in [0, 0.1) is 0 Å². The molecule has 0 bridgehead atoms. The summed E-state index contributed by atoms with van der Waals surface area (Å²) in [5, 5.41) is 24.5. The summed E-state index contributed by atoms with van der Waals surface area (Å²) in [4.78, 5) is 0. The van der Waals surface area contributed by atoms with E-state index in [-0.39, 0.29) is 6.08 Å². The first-order valence-electron chi connectivity index (χ1n) is 6.74. The summed E-state index contributed by atoms with van der Waals surface area (Å²) in [7, 11) is 0. The lowest BCUT2D eigenvalue weighted by molar-refractivity contribution is -0.347. The molecule has 0 aromatic heterocycles. The standard InChI is InChI=1S/C6H7F7O2.C6H5F7O/c7-4(5(8,9)10,6(11,12)13)1-3(15)2-14;7-4(2-1-3-14,5(8,9)10)6(11,12)13/h3,14-15H,1-2H2;1-2,14H,3H2/b;2-1+. The minimum absolute atomic E-state index is 0.0426. The minimum Gasteiger partial charge on any atom is -0.394 e. The molecule has 0 heterocycles. The summed E-state index contributed by atoms with van der Waals surface area (Å²) in [6.07, 6.45) is -30.0. The van der Waals surface area contributed by atoms with Crippen molar-refractivity contribution in [3.8, 4) is 0 Å². The van der Waals surface area contributed by atoms with Crippen LogP contribution in [-0.2, 0) is 0 Å². The van der Waals surface area contributed by atoms with Crippen LogP contribution in [0.15, 0.2) is 12.2 Å². The van der Waals surface area contributed by atoms with Crippen molar-refractivity contribution < 1.29 is 76.8 Å². The van der Waals surface area contributed by atoms with Gasteiger partial charge in [0.25, 0.3) is 0 Å². The molecule has 0 aliphatic carbocycles. The van der Waals surface area contributed by atoms with Gasteiger partial charge in [0, 0.05) is 6.42 Å². The molecule has 0 radical (unpaired) electrons. The number of allylic oxidation sites excluding steroid dienone is 1. The number of rotatable bonds is 5. The molecule has 0 amide bonds. The van der Waals surface area contributed by atoms with Gasteiger partial charge in [-0.1, -0.05) is 6.08 Å². The summed E-state index contributed by atoms with van der Waals surface area (Å²) < 4.78 is 166. The topological polar surface area (TPSA) is 60.7 Å². The second-order valence-corrected chi connectivity index (χ2v) is 5.13. The zero-order valence-corrected chi connectivity index (χ0v) is 13.5. The molecule has 0 aromatic carbocycles. The van der Waals surface area contributed by atoms with Gasteiger partial charge in [0.05, 0.1) is 19.3 Å². The number of aliphatic hydroxyl groups excluding tert-OH is 3. The second kappa shape index (κ2) is 9.63. The van der Waals surface area contributed by atoms with Crippen LogP contribution in [0.25, 0.3) is 0 Å². The van der Waals surface area contributed by atoms with E-state index >= 15 is 0 Å². The van der Waals surface area contributed by atoms with Gasteiger partial charge in [-0.3, -0.25) is 0 Å². The Kier molecular flexibility index (Phi) is 9.91. The highest BCUT2D eigenvalue weighted by Crippen LogP contribution is 2.49. The third-order valence-corrected chi connectivity index (χ3v) is 2.90. The van der Waals surface area contributed by atoms with Crippen LogP contribution in [0.4, 0.5) is 61.5 Å². The van der Waals surface area contributed by atoms with E-state index < -0.39 is 67.9 Å². The fraction of sp³-hybridized carbons (Fsp3) is 0.833.